The van der Waals surface area contributed by atoms with Gasteiger partial charge in [0.2, 0.25) is 0 Å². The second-order valence-corrected chi connectivity index (χ2v) is 3.06. The topological polar surface area (TPSA) is 50.4 Å². The molecule has 1 aromatic rings. The SMILES string of the molecule is CNCCNC(=O)COc1ccccc1.Cl. The van der Waals surface area contributed by atoms with Crippen LogP contribution < -0.4 is 15.4 Å². The van der Waals surface area contributed by atoms with E-state index < -0.39 is 0 Å². The third kappa shape index (κ3) is 6.27. The molecule has 0 bridgehead atoms. The molecule has 0 radical (unpaired) electrons. The highest BCUT2D eigenvalue weighted by atomic mass is 35.5. The van der Waals surface area contributed by atoms with Crippen molar-refractivity contribution in [3.8, 4) is 5.75 Å². The number of rotatable bonds is 6. The van der Waals surface area contributed by atoms with E-state index in [-0.39, 0.29) is 24.9 Å². The number of carbonyl (C=O) groups excluding carboxylic acids is 1. The molecule has 16 heavy (non-hydrogen) atoms. The summed E-state index contributed by atoms with van der Waals surface area (Å²) in [6, 6.07) is 9.28. The Morgan fingerprint density at radius 2 is 1.94 bits per heavy atom. The lowest BCUT2D eigenvalue weighted by Gasteiger charge is -2.06. The highest BCUT2D eigenvalue weighted by Gasteiger charge is 2.00. The number of benzene rings is 1. The van der Waals surface area contributed by atoms with Crippen LogP contribution in [0.4, 0.5) is 0 Å². The van der Waals surface area contributed by atoms with E-state index in [4.69, 9.17) is 4.74 Å². The van der Waals surface area contributed by atoms with Gasteiger partial charge in [0, 0.05) is 13.1 Å². The first-order valence-corrected chi connectivity index (χ1v) is 4.92. The summed E-state index contributed by atoms with van der Waals surface area (Å²) in [5, 5.41) is 5.67. The van der Waals surface area contributed by atoms with Crippen LogP contribution in [0.15, 0.2) is 30.3 Å². The third-order valence-corrected chi connectivity index (χ3v) is 1.81. The van der Waals surface area contributed by atoms with Crippen LogP contribution in [-0.2, 0) is 4.79 Å². The van der Waals surface area contributed by atoms with Gasteiger partial charge in [-0.25, -0.2) is 0 Å². The standard InChI is InChI=1S/C11H16N2O2.ClH/c1-12-7-8-13-11(14)9-15-10-5-3-2-4-6-10;/h2-6,12H,7-9H2,1H3,(H,13,14);1H. The molecule has 5 heteroatoms. The summed E-state index contributed by atoms with van der Waals surface area (Å²) >= 11 is 0. The Morgan fingerprint density at radius 1 is 1.25 bits per heavy atom. The van der Waals surface area contributed by atoms with Crippen LogP contribution >= 0.6 is 12.4 Å². The van der Waals surface area contributed by atoms with Crippen molar-refractivity contribution in [3.05, 3.63) is 30.3 Å². The number of halogens is 1. The molecular formula is C11H17ClN2O2. The van der Waals surface area contributed by atoms with Gasteiger partial charge in [0.05, 0.1) is 0 Å². The van der Waals surface area contributed by atoms with Gasteiger partial charge in [0.1, 0.15) is 5.75 Å². The molecule has 0 fully saturated rings. The van der Waals surface area contributed by atoms with Crippen LogP contribution in [0.5, 0.6) is 5.75 Å². The first-order chi connectivity index (χ1) is 7.33. The first kappa shape index (κ1) is 14.7. The average molecular weight is 245 g/mol. The Kier molecular flexibility index (Phi) is 8.29. The molecule has 90 valence electrons. The van der Waals surface area contributed by atoms with Gasteiger partial charge < -0.3 is 15.4 Å². The van der Waals surface area contributed by atoms with E-state index in [1.807, 2.05) is 37.4 Å². The number of likely N-dealkylation sites (N-methyl/N-ethyl adjacent to an activating group) is 1. The van der Waals surface area contributed by atoms with Gasteiger partial charge in [-0.15, -0.1) is 12.4 Å². The Morgan fingerprint density at radius 3 is 2.56 bits per heavy atom. The molecule has 0 unspecified atom stereocenters. The minimum Gasteiger partial charge on any atom is -0.484 e. The second kappa shape index (κ2) is 9.00. The number of ether oxygens (including phenoxy) is 1. The smallest absolute Gasteiger partial charge is 0.257 e. The van der Waals surface area contributed by atoms with E-state index in [0.717, 1.165) is 6.54 Å². The highest BCUT2D eigenvalue weighted by Crippen LogP contribution is 2.07. The van der Waals surface area contributed by atoms with Gasteiger partial charge in [0.15, 0.2) is 6.61 Å². The number of hydrogen-bond acceptors (Lipinski definition) is 3. The molecule has 0 atom stereocenters. The molecule has 0 aliphatic carbocycles. The maximum absolute atomic E-state index is 11.2. The fourth-order valence-electron chi connectivity index (χ4n) is 1.04. The van der Waals surface area contributed by atoms with Gasteiger partial charge in [-0.3, -0.25) is 4.79 Å². The second-order valence-electron chi connectivity index (χ2n) is 3.06. The molecule has 4 nitrogen and oxygen atoms in total. The molecule has 0 saturated heterocycles. The molecule has 1 rings (SSSR count). The predicted molar refractivity (Wildman–Crippen MR) is 66.1 cm³/mol. The van der Waals surface area contributed by atoms with Gasteiger partial charge in [-0.05, 0) is 19.2 Å². The summed E-state index contributed by atoms with van der Waals surface area (Å²) in [6.07, 6.45) is 0. The minimum absolute atomic E-state index is 0. The minimum atomic E-state index is -0.103. The van der Waals surface area contributed by atoms with Crippen molar-refractivity contribution in [1.82, 2.24) is 10.6 Å². The normalized spacial score (nSPS) is 9.06. The molecule has 0 heterocycles. The summed E-state index contributed by atoms with van der Waals surface area (Å²) in [7, 11) is 1.84. The van der Waals surface area contributed by atoms with Crippen molar-refractivity contribution in [1.29, 1.82) is 0 Å². The first-order valence-electron chi connectivity index (χ1n) is 4.92. The number of hydrogen-bond donors (Lipinski definition) is 2. The van der Waals surface area contributed by atoms with Crippen LogP contribution in [0.1, 0.15) is 0 Å². The van der Waals surface area contributed by atoms with Gasteiger partial charge in [0.25, 0.3) is 5.91 Å². The zero-order valence-electron chi connectivity index (χ0n) is 9.23. The zero-order valence-corrected chi connectivity index (χ0v) is 10.0. The number of amides is 1. The molecular weight excluding hydrogens is 228 g/mol. The largest absolute Gasteiger partial charge is 0.484 e. The Bertz CT molecular complexity index is 293. The summed E-state index contributed by atoms with van der Waals surface area (Å²) in [6.45, 7) is 1.44. The van der Waals surface area contributed by atoms with Gasteiger partial charge in [-0.1, -0.05) is 18.2 Å². The Balaban J connectivity index is 0.00000225. The fourth-order valence-corrected chi connectivity index (χ4v) is 1.04. The molecule has 0 aliphatic rings. The third-order valence-electron chi connectivity index (χ3n) is 1.81. The number of para-hydroxylation sites is 1. The van der Waals surface area contributed by atoms with E-state index in [1.54, 1.807) is 0 Å². The maximum Gasteiger partial charge on any atom is 0.257 e. The van der Waals surface area contributed by atoms with E-state index >= 15 is 0 Å². The molecule has 0 aliphatic heterocycles. The molecule has 1 aromatic carbocycles. The molecule has 1 amide bonds. The van der Waals surface area contributed by atoms with Crippen molar-refractivity contribution < 1.29 is 9.53 Å². The molecule has 0 spiro atoms. The zero-order chi connectivity index (χ0) is 10.9. The van der Waals surface area contributed by atoms with Crippen molar-refractivity contribution in [2.45, 2.75) is 0 Å². The van der Waals surface area contributed by atoms with Gasteiger partial charge >= 0.3 is 0 Å². The van der Waals surface area contributed by atoms with E-state index in [1.165, 1.54) is 0 Å². The predicted octanol–water partition coefficient (Wildman–Crippen LogP) is 0.823. The lowest BCUT2D eigenvalue weighted by molar-refractivity contribution is -0.123. The summed E-state index contributed by atoms with van der Waals surface area (Å²) in [4.78, 5) is 11.2. The average Bonchev–Trinajstić information content (AvgIpc) is 2.28. The van der Waals surface area contributed by atoms with Crippen molar-refractivity contribution >= 4 is 18.3 Å². The van der Waals surface area contributed by atoms with Crippen molar-refractivity contribution in [2.24, 2.45) is 0 Å². The molecule has 0 saturated carbocycles. The summed E-state index contributed by atoms with van der Waals surface area (Å²) < 4.78 is 5.27. The number of carbonyl (C=O) groups is 1. The Hall–Kier alpha value is -1.26. The summed E-state index contributed by atoms with van der Waals surface area (Å²) in [5.74, 6) is 0.607. The van der Waals surface area contributed by atoms with E-state index in [2.05, 4.69) is 10.6 Å². The highest BCUT2D eigenvalue weighted by molar-refractivity contribution is 5.85. The van der Waals surface area contributed by atoms with Crippen molar-refractivity contribution in [2.75, 3.05) is 26.7 Å². The summed E-state index contributed by atoms with van der Waals surface area (Å²) in [5.41, 5.74) is 0. The van der Waals surface area contributed by atoms with Crippen LogP contribution in [0.25, 0.3) is 0 Å². The lowest BCUT2D eigenvalue weighted by Crippen LogP contribution is -2.33. The maximum atomic E-state index is 11.2. The van der Waals surface area contributed by atoms with Crippen molar-refractivity contribution in [3.63, 3.8) is 0 Å². The van der Waals surface area contributed by atoms with Crippen LogP contribution in [0, 0.1) is 0 Å². The fraction of sp³-hybridized carbons (Fsp3) is 0.364. The Labute approximate surface area is 102 Å². The molecule has 2 N–H and O–H groups in total. The van der Waals surface area contributed by atoms with Crippen LogP contribution in [0.2, 0.25) is 0 Å². The lowest BCUT2D eigenvalue weighted by atomic mass is 10.3. The quantitative estimate of drug-likeness (QED) is 0.729. The van der Waals surface area contributed by atoms with E-state index in [9.17, 15) is 4.79 Å². The monoisotopic (exact) mass is 244 g/mol. The molecule has 0 aromatic heterocycles. The van der Waals surface area contributed by atoms with Crippen LogP contribution in [-0.4, -0.2) is 32.7 Å². The van der Waals surface area contributed by atoms with Crippen LogP contribution in [0.3, 0.4) is 0 Å². The number of nitrogens with one attached hydrogen (secondary N) is 2. The van der Waals surface area contributed by atoms with Gasteiger partial charge in [-0.2, -0.15) is 0 Å². The van der Waals surface area contributed by atoms with E-state index in [0.29, 0.717) is 12.3 Å².